The fourth-order valence-electron chi connectivity index (χ4n) is 1.11. The number of likely N-dealkylation sites (N-methyl/N-ethyl adjacent to an activating group) is 1. The van der Waals surface area contributed by atoms with E-state index >= 15 is 0 Å². The van der Waals surface area contributed by atoms with Gasteiger partial charge in [-0.25, -0.2) is 0 Å². The van der Waals surface area contributed by atoms with Crippen LogP contribution in [-0.4, -0.2) is 53.2 Å². The van der Waals surface area contributed by atoms with Gasteiger partial charge in [0.1, 0.15) is 0 Å². The summed E-state index contributed by atoms with van der Waals surface area (Å²) in [5.74, 6) is 0. The molecule has 0 spiro atoms. The van der Waals surface area contributed by atoms with Crippen LogP contribution < -0.4 is 5.32 Å². The highest BCUT2D eigenvalue weighted by molar-refractivity contribution is 4.61. The smallest absolute Gasteiger partial charge is 0.0701 e. The summed E-state index contributed by atoms with van der Waals surface area (Å²) >= 11 is 0. The zero-order valence-corrected chi connectivity index (χ0v) is 10.3. The summed E-state index contributed by atoms with van der Waals surface area (Å²) in [4.78, 5) is 0. The lowest BCUT2D eigenvalue weighted by atomic mass is 10.3. The predicted molar refractivity (Wildman–Crippen MR) is 61.3 cm³/mol. The summed E-state index contributed by atoms with van der Waals surface area (Å²) in [7, 11) is 3.60. The van der Waals surface area contributed by atoms with E-state index in [0.717, 1.165) is 13.0 Å². The monoisotopic (exact) mass is 219 g/mol. The molecule has 0 radical (unpaired) electrons. The lowest BCUT2D eigenvalue weighted by molar-refractivity contribution is 0.0280. The largest absolute Gasteiger partial charge is 0.383 e. The third-order valence-electron chi connectivity index (χ3n) is 2.11. The molecule has 1 unspecified atom stereocenters. The lowest BCUT2D eigenvalue weighted by Crippen LogP contribution is -2.35. The first kappa shape index (κ1) is 14.8. The molecule has 0 rings (SSSR count). The highest BCUT2D eigenvalue weighted by atomic mass is 16.5. The number of nitrogens with one attached hydrogen (secondary N) is 1. The van der Waals surface area contributed by atoms with Crippen LogP contribution in [0.2, 0.25) is 0 Å². The fourth-order valence-corrected chi connectivity index (χ4v) is 1.11. The van der Waals surface area contributed by atoms with Crippen LogP contribution in [0.5, 0.6) is 0 Å². The number of ether oxygens (including phenoxy) is 3. The van der Waals surface area contributed by atoms with Crippen LogP contribution in [0.15, 0.2) is 0 Å². The summed E-state index contributed by atoms with van der Waals surface area (Å²) in [5, 5.41) is 3.12. The van der Waals surface area contributed by atoms with Gasteiger partial charge in [-0.2, -0.15) is 0 Å². The Morgan fingerprint density at radius 1 is 1.07 bits per heavy atom. The van der Waals surface area contributed by atoms with Gasteiger partial charge in [-0.15, -0.1) is 0 Å². The third kappa shape index (κ3) is 10.1. The van der Waals surface area contributed by atoms with E-state index in [-0.39, 0.29) is 6.04 Å². The van der Waals surface area contributed by atoms with E-state index in [2.05, 4.69) is 12.2 Å². The molecule has 1 atom stereocenters. The summed E-state index contributed by atoms with van der Waals surface area (Å²) in [6.45, 7) is 5.68. The van der Waals surface area contributed by atoms with Gasteiger partial charge < -0.3 is 19.5 Å². The van der Waals surface area contributed by atoms with E-state index in [4.69, 9.17) is 14.2 Å². The van der Waals surface area contributed by atoms with Crippen molar-refractivity contribution in [3.8, 4) is 0 Å². The zero-order chi connectivity index (χ0) is 11.4. The van der Waals surface area contributed by atoms with Gasteiger partial charge in [-0.1, -0.05) is 13.3 Å². The molecule has 0 heterocycles. The topological polar surface area (TPSA) is 39.7 Å². The Balaban J connectivity index is 3.14. The maximum atomic E-state index is 5.45. The Morgan fingerprint density at radius 2 is 1.80 bits per heavy atom. The predicted octanol–water partition coefficient (Wildman–Crippen LogP) is 1.05. The van der Waals surface area contributed by atoms with Gasteiger partial charge in [-0.05, 0) is 13.5 Å². The van der Waals surface area contributed by atoms with Crippen LogP contribution in [-0.2, 0) is 14.2 Å². The first-order valence-corrected chi connectivity index (χ1v) is 5.66. The van der Waals surface area contributed by atoms with Crippen molar-refractivity contribution >= 4 is 0 Å². The number of rotatable bonds is 11. The van der Waals surface area contributed by atoms with Crippen molar-refractivity contribution in [3.63, 3.8) is 0 Å². The number of hydrogen-bond acceptors (Lipinski definition) is 4. The normalized spacial score (nSPS) is 13.0. The van der Waals surface area contributed by atoms with E-state index in [1.807, 2.05) is 7.05 Å². The number of methoxy groups -OCH3 is 1. The second kappa shape index (κ2) is 11.9. The van der Waals surface area contributed by atoms with Crippen molar-refractivity contribution in [3.05, 3.63) is 0 Å². The molecule has 0 aromatic carbocycles. The maximum absolute atomic E-state index is 5.45. The van der Waals surface area contributed by atoms with Crippen LogP contribution in [0.3, 0.4) is 0 Å². The quantitative estimate of drug-likeness (QED) is 0.527. The summed E-state index contributed by atoms with van der Waals surface area (Å²) in [6.07, 6.45) is 2.30. The molecule has 4 heteroatoms. The standard InChI is InChI=1S/C11H25NO3/c1-4-5-6-14-7-8-15-10-11(12-2)9-13-3/h11-12H,4-10H2,1-3H3. The Labute approximate surface area is 93.3 Å². The molecule has 0 aliphatic heterocycles. The van der Waals surface area contributed by atoms with Crippen LogP contribution in [0, 0.1) is 0 Å². The first-order chi connectivity index (χ1) is 7.35. The van der Waals surface area contributed by atoms with Gasteiger partial charge in [0, 0.05) is 13.7 Å². The minimum atomic E-state index is 0.269. The van der Waals surface area contributed by atoms with Gasteiger partial charge in [0.25, 0.3) is 0 Å². The fraction of sp³-hybridized carbons (Fsp3) is 1.00. The van der Waals surface area contributed by atoms with E-state index < -0.39 is 0 Å². The Bertz CT molecular complexity index is 122. The maximum Gasteiger partial charge on any atom is 0.0701 e. The van der Waals surface area contributed by atoms with Crippen LogP contribution >= 0.6 is 0 Å². The first-order valence-electron chi connectivity index (χ1n) is 5.66. The van der Waals surface area contributed by atoms with E-state index in [1.165, 1.54) is 6.42 Å². The van der Waals surface area contributed by atoms with Crippen molar-refractivity contribution in [1.82, 2.24) is 5.32 Å². The molecule has 0 aliphatic carbocycles. The molecule has 1 N–H and O–H groups in total. The molecule has 0 amide bonds. The van der Waals surface area contributed by atoms with Gasteiger partial charge in [0.05, 0.1) is 32.5 Å². The average Bonchev–Trinajstić information content (AvgIpc) is 2.26. The average molecular weight is 219 g/mol. The van der Waals surface area contributed by atoms with Crippen LogP contribution in [0.4, 0.5) is 0 Å². The Hall–Kier alpha value is -0.160. The third-order valence-corrected chi connectivity index (χ3v) is 2.11. The van der Waals surface area contributed by atoms with Crippen molar-refractivity contribution in [2.75, 3.05) is 47.2 Å². The van der Waals surface area contributed by atoms with Crippen molar-refractivity contribution in [2.24, 2.45) is 0 Å². The molecular weight excluding hydrogens is 194 g/mol. The van der Waals surface area contributed by atoms with Crippen molar-refractivity contribution in [1.29, 1.82) is 0 Å². The van der Waals surface area contributed by atoms with Crippen molar-refractivity contribution < 1.29 is 14.2 Å². The summed E-state index contributed by atoms with van der Waals surface area (Å²) < 4.78 is 15.9. The summed E-state index contributed by atoms with van der Waals surface area (Å²) in [5.41, 5.74) is 0. The SMILES string of the molecule is CCCCOCCOCC(COC)NC. The van der Waals surface area contributed by atoms with Crippen LogP contribution in [0.25, 0.3) is 0 Å². The second-order valence-electron chi connectivity index (χ2n) is 3.48. The van der Waals surface area contributed by atoms with E-state index in [9.17, 15) is 0 Å². The molecule has 0 saturated carbocycles. The van der Waals surface area contributed by atoms with Gasteiger partial charge >= 0.3 is 0 Å². The number of hydrogen-bond donors (Lipinski definition) is 1. The Kier molecular flexibility index (Phi) is 11.8. The Morgan fingerprint density at radius 3 is 2.40 bits per heavy atom. The number of unbranched alkanes of at least 4 members (excludes halogenated alkanes) is 1. The molecule has 92 valence electrons. The molecule has 0 bridgehead atoms. The van der Waals surface area contributed by atoms with E-state index in [0.29, 0.717) is 26.4 Å². The molecule has 0 aromatic heterocycles. The van der Waals surface area contributed by atoms with Crippen molar-refractivity contribution in [2.45, 2.75) is 25.8 Å². The molecule has 15 heavy (non-hydrogen) atoms. The molecular formula is C11H25NO3. The summed E-state index contributed by atoms with van der Waals surface area (Å²) in [6, 6.07) is 0.269. The molecule has 0 aliphatic rings. The molecule has 0 fully saturated rings. The highest BCUT2D eigenvalue weighted by Crippen LogP contribution is 1.89. The highest BCUT2D eigenvalue weighted by Gasteiger charge is 2.04. The minimum absolute atomic E-state index is 0.269. The lowest BCUT2D eigenvalue weighted by Gasteiger charge is -2.15. The molecule has 0 saturated heterocycles. The van der Waals surface area contributed by atoms with Gasteiger partial charge in [-0.3, -0.25) is 0 Å². The van der Waals surface area contributed by atoms with E-state index in [1.54, 1.807) is 7.11 Å². The van der Waals surface area contributed by atoms with Gasteiger partial charge in [0.15, 0.2) is 0 Å². The minimum Gasteiger partial charge on any atom is -0.383 e. The van der Waals surface area contributed by atoms with Gasteiger partial charge in [0.2, 0.25) is 0 Å². The van der Waals surface area contributed by atoms with Crippen LogP contribution in [0.1, 0.15) is 19.8 Å². The molecule has 0 aromatic rings. The molecule has 4 nitrogen and oxygen atoms in total. The zero-order valence-electron chi connectivity index (χ0n) is 10.3. The second-order valence-corrected chi connectivity index (χ2v) is 3.48.